The first-order chi connectivity index (χ1) is 9.54. The Balaban J connectivity index is 2.21. The van der Waals surface area contributed by atoms with Gasteiger partial charge in [0.05, 0.1) is 17.9 Å². The summed E-state index contributed by atoms with van der Waals surface area (Å²) in [6.45, 7) is 3.88. The van der Waals surface area contributed by atoms with Crippen molar-refractivity contribution in [2.75, 3.05) is 44.4 Å². The van der Waals surface area contributed by atoms with Crippen molar-refractivity contribution in [3.63, 3.8) is 0 Å². The number of carbonyl (C=O) groups is 1. The van der Waals surface area contributed by atoms with Crippen LogP contribution < -0.4 is 10.6 Å². The van der Waals surface area contributed by atoms with Gasteiger partial charge in [-0.25, -0.2) is 9.78 Å². The first-order valence-corrected chi connectivity index (χ1v) is 6.87. The molecule has 20 heavy (non-hydrogen) atoms. The minimum absolute atomic E-state index is 0.336. The highest BCUT2D eigenvalue weighted by molar-refractivity contribution is 5.97. The number of esters is 1. The van der Waals surface area contributed by atoms with Crippen molar-refractivity contribution in [3.05, 3.63) is 17.8 Å². The molecule has 1 atom stereocenters. The predicted molar refractivity (Wildman–Crippen MR) is 78.9 cm³/mol. The van der Waals surface area contributed by atoms with E-state index in [1.54, 1.807) is 19.2 Å². The summed E-state index contributed by atoms with van der Waals surface area (Å²) in [5.41, 5.74) is 6.90. The van der Waals surface area contributed by atoms with E-state index >= 15 is 0 Å². The maximum atomic E-state index is 11.8. The normalized spacial score (nSPS) is 18.6. The minimum atomic E-state index is -0.392. The molecule has 0 radical (unpaired) electrons. The number of pyridine rings is 1. The van der Waals surface area contributed by atoms with E-state index in [9.17, 15) is 4.79 Å². The number of nitrogens with zero attached hydrogens (tertiary/aromatic N) is 3. The van der Waals surface area contributed by atoms with Crippen molar-refractivity contribution < 1.29 is 9.53 Å². The van der Waals surface area contributed by atoms with Gasteiger partial charge < -0.3 is 20.3 Å². The van der Waals surface area contributed by atoms with Gasteiger partial charge in [-0.05, 0) is 33.5 Å². The quantitative estimate of drug-likeness (QED) is 0.828. The van der Waals surface area contributed by atoms with E-state index in [0.717, 1.165) is 19.5 Å². The van der Waals surface area contributed by atoms with Gasteiger partial charge in [-0.1, -0.05) is 0 Å². The first kappa shape index (κ1) is 14.6. The van der Waals surface area contributed by atoms with Gasteiger partial charge in [0.2, 0.25) is 0 Å². The van der Waals surface area contributed by atoms with Crippen LogP contribution in [0, 0.1) is 0 Å². The predicted octanol–water partition coefficient (Wildman–Crippen LogP) is 0.981. The molecule has 1 aromatic heterocycles. The molecule has 0 amide bonds. The molecule has 2 rings (SSSR count). The van der Waals surface area contributed by atoms with Gasteiger partial charge in [-0.15, -0.1) is 0 Å². The van der Waals surface area contributed by atoms with Crippen LogP contribution in [0.5, 0.6) is 0 Å². The number of anilines is 2. The molecular weight excluding hydrogens is 256 g/mol. The molecule has 1 aliphatic heterocycles. The Morgan fingerprint density at radius 1 is 1.60 bits per heavy atom. The number of hydrogen-bond donors (Lipinski definition) is 1. The lowest BCUT2D eigenvalue weighted by atomic mass is 10.2. The van der Waals surface area contributed by atoms with Gasteiger partial charge in [0.25, 0.3) is 0 Å². The fourth-order valence-electron chi connectivity index (χ4n) is 2.46. The first-order valence-electron chi connectivity index (χ1n) is 6.87. The van der Waals surface area contributed by atoms with E-state index < -0.39 is 5.97 Å². The van der Waals surface area contributed by atoms with Crippen molar-refractivity contribution in [2.24, 2.45) is 0 Å². The highest BCUT2D eigenvalue weighted by Crippen LogP contribution is 2.28. The summed E-state index contributed by atoms with van der Waals surface area (Å²) in [5.74, 6) is 0.289. The van der Waals surface area contributed by atoms with Crippen molar-refractivity contribution in [2.45, 2.75) is 19.4 Å². The van der Waals surface area contributed by atoms with E-state index in [0.29, 0.717) is 29.7 Å². The molecule has 110 valence electrons. The van der Waals surface area contributed by atoms with Crippen LogP contribution in [0.4, 0.5) is 11.5 Å². The van der Waals surface area contributed by atoms with Crippen LogP contribution in [0.2, 0.25) is 0 Å². The third-order valence-corrected chi connectivity index (χ3v) is 3.66. The summed E-state index contributed by atoms with van der Waals surface area (Å²) >= 11 is 0. The Morgan fingerprint density at radius 3 is 2.95 bits per heavy atom. The molecule has 1 fully saturated rings. The standard InChI is InChI=1S/C14H22N4O2/c1-4-20-14(19)11-5-7-16-13(12(11)15)18-8-6-10(9-18)17(2)3/h5,7,10H,4,6,8-9,15H2,1-3H3. The maximum absolute atomic E-state index is 11.8. The van der Waals surface area contributed by atoms with Gasteiger partial charge >= 0.3 is 5.97 Å². The SMILES string of the molecule is CCOC(=O)c1ccnc(N2CCC(N(C)C)C2)c1N. The molecule has 2 heterocycles. The average Bonchev–Trinajstić information content (AvgIpc) is 2.88. The number of hydrogen-bond acceptors (Lipinski definition) is 6. The average molecular weight is 278 g/mol. The fraction of sp³-hybridized carbons (Fsp3) is 0.571. The molecule has 1 saturated heterocycles. The summed E-state index contributed by atoms with van der Waals surface area (Å²) in [6.07, 6.45) is 2.68. The maximum Gasteiger partial charge on any atom is 0.340 e. The fourth-order valence-corrected chi connectivity index (χ4v) is 2.46. The smallest absolute Gasteiger partial charge is 0.340 e. The number of likely N-dealkylation sites (N-methyl/N-ethyl adjacent to an activating group) is 1. The Hall–Kier alpha value is -1.82. The van der Waals surface area contributed by atoms with Crippen LogP contribution in [-0.2, 0) is 4.74 Å². The van der Waals surface area contributed by atoms with Crippen LogP contribution >= 0.6 is 0 Å². The third-order valence-electron chi connectivity index (χ3n) is 3.66. The molecule has 0 bridgehead atoms. The van der Waals surface area contributed by atoms with Gasteiger partial charge in [-0.2, -0.15) is 0 Å². The molecule has 0 aromatic carbocycles. The monoisotopic (exact) mass is 278 g/mol. The number of aromatic nitrogens is 1. The molecule has 1 aromatic rings. The highest BCUT2D eigenvalue weighted by atomic mass is 16.5. The zero-order valence-corrected chi connectivity index (χ0v) is 12.3. The Bertz CT molecular complexity index is 490. The van der Waals surface area contributed by atoms with Crippen molar-refractivity contribution in [1.82, 2.24) is 9.88 Å². The van der Waals surface area contributed by atoms with Gasteiger partial charge in [0, 0.05) is 25.3 Å². The van der Waals surface area contributed by atoms with Crippen LogP contribution in [0.3, 0.4) is 0 Å². The lowest BCUT2D eigenvalue weighted by Crippen LogP contribution is -2.32. The molecule has 6 heteroatoms. The second-order valence-electron chi connectivity index (χ2n) is 5.17. The lowest BCUT2D eigenvalue weighted by Gasteiger charge is -2.22. The lowest BCUT2D eigenvalue weighted by molar-refractivity contribution is 0.0527. The number of nitrogen functional groups attached to an aromatic ring is 1. The Morgan fingerprint density at radius 2 is 2.35 bits per heavy atom. The van der Waals surface area contributed by atoms with Gasteiger partial charge in [-0.3, -0.25) is 0 Å². The summed E-state index contributed by atoms with van der Waals surface area (Å²) in [5, 5.41) is 0. The van der Waals surface area contributed by atoms with E-state index in [1.807, 2.05) is 0 Å². The second-order valence-corrected chi connectivity index (χ2v) is 5.17. The number of nitrogens with two attached hydrogens (primary N) is 1. The van der Waals surface area contributed by atoms with E-state index in [1.165, 1.54) is 0 Å². The topological polar surface area (TPSA) is 71.7 Å². The molecule has 6 nitrogen and oxygen atoms in total. The van der Waals surface area contributed by atoms with E-state index in [-0.39, 0.29) is 0 Å². The van der Waals surface area contributed by atoms with Crippen LogP contribution in [0.15, 0.2) is 12.3 Å². The van der Waals surface area contributed by atoms with Crippen LogP contribution in [-0.4, -0.2) is 55.7 Å². The summed E-state index contributed by atoms with van der Waals surface area (Å²) in [4.78, 5) is 20.5. The number of carbonyl (C=O) groups excluding carboxylic acids is 1. The summed E-state index contributed by atoms with van der Waals surface area (Å²) in [7, 11) is 4.14. The van der Waals surface area contributed by atoms with Gasteiger partial charge in [0.15, 0.2) is 5.82 Å². The molecule has 2 N–H and O–H groups in total. The summed E-state index contributed by atoms with van der Waals surface area (Å²) < 4.78 is 5.01. The van der Waals surface area contributed by atoms with Gasteiger partial charge in [0.1, 0.15) is 0 Å². The number of rotatable bonds is 4. The molecule has 0 spiro atoms. The zero-order valence-electron chi connectivity index (χ0n) is 12.3. The largest absolute Gasteiger partial charge is 0.462 e. The minimum Gasteiger partial charge on any atom is -0.462 e. The highest BCUT2D eigenvalue weighted by Gasteiger charge is 2.27. The molecule has 1 unspecified atom stereocenters. The van der Waals surface area contributed by atoms with Crippen molar-refractivity contribution >= 4 is 17.5 Å². The van der Waals surface area contributed by atoms with Crippen molar-refractivity contribution in [3.8, 4) is 0 Å². The molecular formula is C14H22N4O2. The van der Waals surface area contributed by atoms with E-state index in [2.05, 4.69) is 28.9 Å². The third kappa shape index (κ3) is 2.85. The van der Waals surface area contributed by atoms with E-state index in [4.69, 9.17) is 10.5 Å². The Kier molecular flexibility index (Phi) is 4.44. The van der Waals surface area contributed by atoms with Crippen LogP contribution in [0.1, 0.15) is 23.7 Å². The second kappa shape index (κ2) is 6.09. The molecule has 1 aliphatic rings. The number of ether oxygens (including phenoxy) is 1. The Labute approximate surface area is 119 Å². The molecule has 0 saturated carbocycles. The van der Waals surface area contributed by atoms with Crippen molar-refractivity contribution in [1.29, 1.82) is 0 Å². The summed E-state index contributed by atoms with van der Waals surface area (Å²) in [6, 6.07) is 2.10. The van der Waals surface area contributed by atoms with Crippen LogP contribution in [0.25, 0.3) is 0 Å². The zero-order chi connectivity index (χ0) is 14.7. The molecule has 0 aliphatic carbocycles.